The van der Waals surface area contributed by atoms with Crippen molar-refractivity contribution in [1.82, 2.24) is 0 Å². The molecule has 92 valence electrons. The molecule has 2 aromatic rings. The number of hydrogen-bond acceptors (Lipinski definition) is 1. The largest absolute Gasteiger partial charge is 0.388 e. The van der Waals surface area contributed by atoms with E-state index < -0.39 is 0 Å². The van der Waals surface area contributed by atoms with Crippen molar-refractivity contribution in [3.63, 3.8) is 0 Å². The van der Waals surface area contributed by atoms with Crippen LogP contribution in [0.25, 0.3) is 0 Å². The summed E-state index contributed by atoms with van der Waals surface area (Å²) in [6, 6.07) is 16.7. The van der Waals surface area contributed by atoms with Crippen molar-refractivity contribution in [1.29, 1.82) is 0 Å². The molecule has 0 radical (unpaired) electrons. The summed E-state index contributed by atoms with van der Waals surface area (Å²) in [5.74, 6) is 0.419. The minimum atomic E-state index is -0.330. The van der Waals surface area contributed by atoms with Crippen molar-refractivity contribution < 1.29 is 5.11 Å². The summed E-state index contributed by atoms with van der Waals surface area (Å²) in [7, 11) is 0. The first kappa shape index (κ1) is 11.9. The van der Waals surface area contributed by atoms with Crippen molar-refractivity contribution in [2.45, 2.75) is 24.9 Å². The SMILES string of the molecule is OC1CC(c2ccc(Br)cc2)Cc2ccccc21. The number of halogens is 1. The van der Waals surface area contributed by atoms with Crippen LogP contribution in [-0.4, -0.2) is 5.11 Å². The van der Waals surface area contributed by atoms with E-state index in [0.717, 1.165) is 22.9 Å². The molecule has 0 amide bonds. The predicted molar refractivity (Wildman–Crippen MR) is 76.6 cm³/mol. The zero-order valence-corrected chi connectivity index (χ0v) is 11.6. The van der Waals surface area contributed by atoms with Crippen LogP contribution in [0.3, 0.4) is 0 Å². The maximum Gasteiger partial charge on any atom is 0.0798 e. The first-order valence-corrected chi connectivity index (χ1v) is 7.04. The van der Waals surface area contributed by atoms with Gasteiger partial charge in [0.25, 0.3) is 0 Å². The van der Waals surface area contributed by atoms with E-state index in [1.807, 2.05) is 12.1 Å². The highest BCUT2D eigenvalue weighted by Crippen LogP contribution is 2.38. The molecule has 0 aromatic heterocycles. The summed E-state index contributed by atoms with van der Waals surface area (Å²) < 4.78 is 1.10. The summed E-state index contributed by atoms with van der Waals surface area (Å²) in [4.78, 5) is 0. The molecule has 2 heteroatoms. The van der Waals surface area contributed by atoms with Gasteiger partial charge in [0.2, 0.25) is 0 Å². The fourth-order valence-electron chi connectivity index (χ4n) is 2.78. The molecule has 0 fully saturated rings. The molecule has 1 N–H and O–H groups in total. The highest BCUT2D eigenvalue weighted by atomic mass is 79.9. The maximum absolute atomic E-state index is 10.2. The van der Waals surface area contributed by atoms with Gasteiger partial charge in [-0.25, -0.2) is 0 Å². The van der Waals surface area contributed by atoms with Crippen LogP contribution in [0.1, 0.15) is 35.1 Å². The molecule has 1 aliphatic rings. The smallest absolute Gasteiger partial charge is 0.0798 e. The first-order chi connectivity index (χ1) is 8.74. The summed E-state index contributed by atoms with van der Waals surface area (Å²) in [6.07, 6.45) is 1.51. The Bertz CT molecular complexity index is 547. The van der Waals surface area contributed by atoms with Gasteiger partial charge in [-0.05, 0) is 47.6 Å². The molecular weight excluding hydrogens is 288 g/mol. The number of aliphatic hydroxyl groups excluding tert-OH is 1. The Hall–Kier alpha value is -1.12. The number of aliphatic hydroxyl groups is 1. The molecule has 1 nitrogen and oxygen atoms in total. The van der Waals surface area contributed by atoms with Crippen LogP contribution in [0.5, 0.6) is 0 Å². The van der Waals surface area contributed by atoms with Crippen molar-refractivity contribution >= 4 is 15.9 Å². The normalized spacial score (nSPS) is 22.6. The zero-order chi connectivity index (χ0) is 12.5. The van der Waals surface area contributed by atoms with E-state index in [1.165, 1.54) is 11.1 Å². The topological polar surface area (TPSA) is 20.2 Å². The lowest BCUT2D eigenvalue weighted by Crippen LogP contribution is -2.17. The van der Waals surface area contributed by atoms with Gasteiger partial charge in [0.05, 0.1) is 6.10 Å². The number of rotatable bonds is 1. The molecule has 0 saturated carbocycles. The Morgan fingerprint density at radius 1 is 1.00 bits per heavy atom. The van der Waals surface area contributed by atoms with Gasteiger partial charge in [-0.2, -0.15) is 0 Å². The standard InChI is InChI=1S/C16H15BrO/c17-14-7-5-11(6-8-14)13-9-12-3-1-2-4-15(12)16(18)10-13/h1-8,13,16,18H,9-10H2. The Kier molecular flexibility index (Phi) is 3.23. The van der Waals surface area contributed by atoms with E-state index in [9.17, 15) is 5.11 Å². The van der Waals surface area contributed by atoms with Gasteiger partial charge in [0.15, 0.2) is 0 Å². The summed E-state index contributed by atoms with van der Waals surface area (Å²) >= 11 is 3.46. The van der Waals surface area contributed by atoms with E-state index >= 15 is 0 Å². The van der Waals surface area contributed by atoms with Crippen LogP contribution in [-0.2, 0) is 6.42 Å². The highest BCUT2D eigenvalue weighted by Gasteiger charge is 2.25. The Balaban J connectivity index is 1.92. The minimum absolute atomic E-state index is 0.330. The van der Waals surface area contributed by atoms with E-state index in [1.54, 1.807) is 0 Å². The van der Waals surface area contributed by atoms with Gasteiger partial charge in [-0.1, -0.05) is 52.3 Å². The number of fused-ring (bicyclic) bond motifs is 1. The Morgan fingerprint density at radius 2 is 1.72 bits per heavy atom. The van der Waals surface area contributed by atoms with Crippen molar-refractivity contribution in [3.8, 4) is 0 Å². The predicted octanol–water partition coefficient (Wildman–Crippen LogP) is 4.21. The fraction of sp³-hybridized carbons (Fsp3) is 0.250. The molecule has 2 unspecified atom stereocenters. The summed E-state index contributed by atoms with van der Waals surface area (Å²) in [5, 5.41) is 10.2. The first-order valence-electron chi connectivity index (χ1n) is 6.25. The average molecular weight is 303 g/mol. The quantitative estimate of drug-likeness (QED) is 0.836. The van der Waals surface area contributed by atoms with E-state index in [0.29, 0.717) is 5.92 Å². The molecule has 2 atom stereocenters. The molecule has 0 spiro atoms. The second-order valence-corrected chi connectivity index (χ2v) is 5.82. The highest BCUT2D eigenvalue weighted by molar-refractivity contribution is 9.10. The van der Waals surface area contributed by atoms with Gasteiger partial charge in [0, 0.05) is 4.47 Å². The molecule has 2 aromatic carbocycles. The van der Waals surface area contributed by atoms with Gasteiger partial charge >= 0.3 is 0 Å². The van der Waals surface area contributed by atoms with Crippen molar-refractivity contribution in [2.75, 3.05) is 0 Å². The minimum Gasteiger partial charge on any atom is -0.388 e. The fourth-order valence-corrected chi connectivity index (χ4v) is 3.04. The van der Waals surface area contributed by atoms with Gasteiger partial charge in [-0.15, -0.1) is 0 Å². The van der Waals surface area contributed by atoms with E-state index in [4.69, 9.17) is 0 Å². The number of hydrogen-bond donors (Lipinski definition) is 1. The molecular formula is C16H15BrO. The molecule has 0 bridgehead atoms. The van der Waals surface area contributed by atoms with Gasteiger partial charge < -0.3 is 5.11 Å². The van der Waals surface area contributed by atoms with Crippen molar-refractivity contribution in [3.05, 3.63) is 69.7 Å². The second-order valence-electron chi connectivity index (χ2n) is 4.90. The lowest BCUT2D eigenvalue weighted by Gasteiger charge is -2.29. The summed E-state index contributed by atoms with van der Waals surface area (Å²) in [6.45, 7) is 0. The maximum atomic E-state index is 10.2. The molecule has 1 aliphatic carbocycles. The number of benzene rings is 2. The molecule has 0 saturated heterocycles. The lowest BCUT2D eigenvalue weighted by molar-refractivity contribution is 0.147. The van der Waals surface area contributed by atoms with Gasteiger partial charge in [-0.3, -0.25) is 0 Å². The van der Waals surface area contributed by atoms with Crippen molar-refractivity contribution in [2.24, 2.45) is 0 Å². The van der Waals surface area contributed by atoms with Crippen LogP contribution in [0.4, 0.5) is 0 Å². The van der Waals surface area contributed by atoms with Crippen LogP contribution in [0.2, 0.25) is 0 Å². The summed E-state index contributed by atoms with van der Waals surface area (Å²) in [5.41, 5.74) is 3.70. The zero-order valence-electron chi connectivity index (χ0n) is 10.0. The van der Waals surface area contributed by atoms with Gasteiger partial charge in [0.1, 0.15) is 0 Å². The Morgan fingerprint density at radius 3 is 2.50 bits per heavy atom. The molecule has 0 aliphatic heterocycles. The average Bonchev–Trinajstić information content (AvgIpc) is 2.39. The van der Waals surface area contributed by atoms with Crippen LogP contribution in [0, 0.1) is 0 Å². The van der Waals surface area contributed by atoms with Crippen LogP contribution in [0.15, 0.2) is 53.0 Å². The third-order valence-electron chi connectivity index (χ3n) is 3.73. The molecule has 18 heavy (non-hydrogen) atoms. The monoisotopic (exact) mass is 302 g/mol. The van der Waals surface area contributed by atoms with E-state index in [2.05, 4.69) is 52.3 Å². The van der Waals surface area contributed by atoms with E-state index in [-0.39, 0.29) is 6.10 Å². The molecule has 0 heterocycles. The Labute approximate surface area is 116 Å². The third kappa shape index (κ3) is 2.23. The third-order valence-corrected chi connectivity index (χ3v) is 4.26. The lowest BCUT2D eigenvalue weighted by atomic mass is 9.79. The second kappa shape index (κ2) is 4.87. The van der Waals surface area contributed by atoms with Crippen LogP contribution < -0.4 is 0 Å². The molecule has 3 rings (SSSR count). The van der Waals surface area contributed by atoms with Crippen LogP contribution >= 0.6 is 15.9 Å².